The first-order valence-electron chi connectivity index (χ1n) is 8.34. The predicted octanol–water partition coefficient (Wildman–Crippen LogP) is 3.25. The summed E-state index contributed by atoms with van der Waals surface area (Å²) in [6.07, 6.45) is 6.76. The van der Waals surface area contributed by atoms with Gasteiger partial charge in [0.05, 0.1) is 6.10 Å². The molecule has 1 atom stereocenters. The van der Waals surface area contributed by atoms with Gasteiger partial charge < -0.3 is 14.5 Å². The smallest absolute Gasteiger partial charge is 0.0571 e. The van der Waals surface area contributed by atoms with Crippen LogP contribution in [0.15, 0.2) is 0 Å². The molecule has 120 valence electrons. The highest BCUT2D eigenvalue weighted by atomic mass is 16.5. The predicted molar refractivity (Wildman–Crippen MR) is 87.3 cm³/mol. The van der Waals surface area contributed by atoms with Crippen LogP contribution in [0.5, 0.6) is 0 Å². The van der Waals surface area contributed by atoms with E-state index in [0.717, 1.165) is 0 Å². The van der Waals surface area contributed by atoms with Crippen molar-refractivity contribution in [3.8, 4) is 0 Å². The highest BCUT2D eigenvalue weighted by Gasteiger charge is 2.15. The second-order valence-corrected chi connectivity index (χ2v) is 7.60. The van der Waals surface area contributed by atoms with E-state index in [-0.39, 0.29) is 0 Å². The lowest BCUT2D eigenvalue weighted by Gasteiger charge is -2.32. The maximum absolute atomic E-state index is 5.64. The molecule has 0 spiro atoms. The quantitative estimate of drug-likeness (QED) is 0.680. The Morgan fingerprint density at radius 2 is 1.60 bits per heavy atom. The first kappa shape index (κ1) is 17.9. The average molecular weight is 284 g/mol. The molecule has 1 aliphatic rings. The molecule has 3 nitrogen and oxygen atoms in total. The summed E-state index contributed by atoms with van der Waals surface area (Å²) in [5.41, 5.74) is 0.456. The summed E-state index contributed by atoms with van der Waals surface area (Å²) in [6, 6.07) is 0. The van der Waals surface area contributed by atoms with Gasteiger partial charge in [0, 0.05) is 33.3 Å². The second kappa shape index (κ2) is 9.01. The Bertz CT molecular complexity index is 242. The van der Waals surface area contributed by atoms with Crippen LogP contribution in [0.4, 0.5) is 0 Å². The van der Waals surface area contributed by atoms with Gasteiger partial charge in [0.1, 0.15) is 0 Å². The van der Waals surface area contributed by atoms with Crippen molar-refractivity contribution < 1.29 is 4.74 Å². The molecule has 0 aromatic heterocycles. The van der Waals surface area contributed by atoms with Crippen LogP contribution in [0.1, 0.15) is 52.9 Å². The van der Waals surface area contributed by atoms with Crippen molar-refractivity contribution in [3.63, 3.8) is 0 Å². The minimum absolute atomic E-state index is 0.456. The number of ether oxygens (including phenoxy) is 1. The Morgan fingerprint density at radius 1 is 1.00 bits per heavy atom. The molecule has 0 bridgehead atoms. The largest absolute Gasteiger partial charge is 0.381 e. The third-order valence-electron chi connectivity index (χ3n) is 4.38. The lowest BCUT2D eigenvalue weighted by molar-refractivity contribution is 0.0753. The van der Waals surface area contributed by atoms with Gasteiger partial charge in [0.25, 0.3) is 0 Å². The monoisotopic (exact) mass is 284 g/mol. The Labute approximate surface area is 126 Å². The zero-order valence-corrected chi connectivity index (χ0v) is 14.5. The van der Waals surface area contributed by atoms with Crippen molar-refractivity contribution in [2.45, 2.75) is 59.0 Å². The first-order chi connectivity index (χ1) is 9.40. The van der Waals surface area contributed by atoms with Crippen molar-refractivity contribution >= 4 is 0 Å². The van der Waals surface area contributed by atoms with Crippen molar-refractivity contribution in [1.29, 1.82) is 0 Å². The molecule has 3 heteroatoms. The summed E-state index contributed by atoms with van der Waals surface area (Å²) >= 11 is 0. The molecule has 0 aromatic rings. The number of nitrogens with zero attached hydrogens (tertiary/aromatic N) is 2. The van der Waals surface area contributed by atoms with Gasteiger partial charge in [0.15, 0.2) is 0 Å². The van der Waals surface area contributed by atoms with Crippen molar-refractivity contribution in [2.24, 2.45) is 5.41 Å². The second-order valence-electron chi connectivity index (χ2n) is 7.60. The molecule has 1 aliphatic heterocycles. The van der Waals surface area contributed by atoms with E-state index in [4.69, 9.17) is 4.74 Å². The lowest BCUT2D eigenvalue weighted by Crippen LogP contribution is -2.44. The van der Waals surface area contributed by atoms with E-state index in [1.54, 1.807) is 0 Å². The number of methoxy groups -OCH3 is 1. The number of rotatable bonds is 8. The molecule has 0 N–H and O–H groups in total. The van der Waals surface area contributed by atoms with E-state index in [1.807, 2.05) is 7.11 Å². The van der Waals surface area contributed by atoms with E-state index < -0.39 is 0 Å². The third kappa shape index (κ3) is 8.23. The van der Waals surface area contributed by atoms with E-state index in [1.165, 1.54) is 64.8 Å². The van der Waals surface area contributed by atoms with Gasteiger partial charge in [-0.05, 0) is 44.7 Å². The van der Waals surface area contributed by atoms with Crippen molar-refractivity contribution in [3.05, 3.63) is 0 Å². The van der Waals surface area contributed by atoms with Gasteiger partial charge in [-0.25, -0.2) is 0 Å². The maximum Gasteiger partial charge on any atom is 0.0571 e. The highest BCUT2D eigenvalue weighted by Crippen LogP contribution is 2.23. The fraction of sp³-hybridized carbons (Fsp3) is 1.00. The van der Waals surface area contributed by atoms with Gasteiger partial charge in [-0.2, -0.15) is 0 Å². The first-order valence-corrected chi connectivity index (χ1v) is 8.34. The van der Waals surface area contributed by atoms with Crippen molar-refractivity contribution in [1.82, 2.24) is 9.80 Å². The van der Waals surface area contributed by atoms with E-state index in [9.17, 15) is 0 Å². The molecule has 0 aromatic carbocycles. The summed E-state index contributed by atoms with van der Waals surface area (Å²) in [4.78, 5) is 5.02. The minimum Gasteiger partial charge on any atom is -0.381 e. The van der Waals surface area contributed by atoms with Crippen molar-refractivity contribution in [2.75, 3.05) is 46.9 Å². The molecule has 20 heavy (non-hydrogen) atoms. The van der Waals surface area contributed by atoms with Crippen LogP contribution in [-0.2, 0) is 4.74 Å². The summed E-state index contributed by atoms with van der Waals surface area (Å²) in [5.74, 6) is 0. The molecular weight excluding hydrogens is 248 g/mol. The summed E-state index contributed by atoms with van der Waals surface area (Å²) in [5, 5.41) is 0. The summed E-state index contributed by atoms with van der Waals surface area (Å²) < 4.78 is 5.64. The van der Waals surface area contributed by atoms with Crippen LogP contribution in [0.3, 0.4) is 0 Å². The van der Waals surface area contributed by atoms with Crippen LogP contribution in [-0.4, -0.2) is 62.8 Å². The van der Waals surface area contributed by atoms with Gasteiger partial charge >= 0.3 is 0 Å². The van der Waals surface area contributed by atoms with E-state index >= 15 is 0 Å². The van der Waals surface area contributed by atoms with E-state index in [2.05, 4.69) is 37.6 Å². The molecule has 0 radical (unpaired) electrons. The lowest BCUT2D eigenvalue weighted by atomic mass is 9.89. The molecule has 0 unspecified atom stereocenters. The fourth-order valence-electron chi connectivity index (χ4n) is 2.85. The van der Waals surface area contributed by atoms with Crippen LogP contribution < -0.4 is 0 Å². The molecule has 0 aliphatic carbocycles. The SMILES string of the molecule is CO[C@@H](CCCN1CCN(C)CC1)CCCC(C)(C)C. The van der Waals surface area contributed by atoms with Gasteiger partial charge in [-0.1, -0.05) is 27.2 Å². The summed E-state index contributed by atoms with van der Waals surface area (Å²) in [7, 11) is 4.09. The standard InChI is InChI=1S/C17H36N2O/c1-17(2,3)10-6-8-16(20-5)9-7-11-19-14-12-18(4)13-15-19/h16H,6-15H2,1-5H3/t16-/m1/s1. The Morgan fingerprint density at radius 3 is 2.15 bits per heavy atom. The maximum atomic E-state index is 5.64. The molecule has 1 rings (SSSR count). The number of piperazine rings is 1. The number of hydrogen-bond acceptors (Lipinski definition) is 3. The van der Waals surface area contributed by atoms with Gasteiger partial charge in [-0.3, -0.25) is 0 Å². The number of likely N-dealkylation sites (N-methyl/N-ethyl adjacent to an activating group) is 1. The fourth-order valence-corrected chi connectivity index (χ4v) is 2.85. The van der Waals surface area contributed by atoms with Crippen LogP contribution >= 0.6 is 0 Å². The topological polar surface area (TPSA) is 15.7 Å². The Kier molecular flexibility index (Phi) is 8.08. The van der Waals surface area contributed by atoms with Gasteiger partial charge in [0.2, 0.25) is 0 Å². The van der Waals surface area contributed by atoms with Crippen LogP contribution in [0.2, 0.25) is 0 Å². The Hall–Kier alpha value is -0.120. The van der Waals surface area contributed by atoms with Crippen LogP contribution in [0, 0.1) is 5.41 Å². The number of hydrogen-bond donors (Lipinski definition) is 0. The molecular formula is C17H36N2O. The summed E-state index contributed by atoms with van der Waals surface area (Å²) in [6.45, 7) is 13.1. The molecule has 0 saturated carbocycles. The zero-order valence-electron chi connectivity index (χ0n) is 14.5. The van der Waals surface area contributed by atoms with Crippen LogP contribution in [0.25, 0.3) is 0 Å². The molecule has 1 saturated heterocycles. The average Bonchev–Trinajstić information content (AvgIpc) is 2.38. The molecule has 0 amide bonds. The molecule has 1 fully saturated rings. The zero-order chi connectivity index (χ0) is 15.0. The minimum atomic E-state index is 0.456. The third-order valence-corrected chi connectivity index (χ3v) is 4.38. The molecule has 1 heterocycles. The normalized spacial score (nSPS) is 20.2. The highest BCUT2D eigenvalue weighted by molar-refractivity contribution is 4.70. The Balaban J connectivity index is 2.08. The van der Waals surface area contributed by atoms with Gasteiger partial charge in [-0.15, -0.1) is 0 Å². The van der Waals surface area contributed by atoms with E-state index in [0.29, 0.717) is 11.5 Å².